The second-order valence-electron chi connectivity index (χ2n) is 7.49. The van der Waals surface area contributed by atoms with Crippen molar-refractivity contribution in [3.63, 3.8) is 0 Å². The van der Waals surface area contributed by atoms with Gasteiger partial charge in [0.2, 0.25) is 0 Å². The average Bonchev–Trinajstić information content (AvgIpc) is 3.27. The Hall–Kier alpha value is -2.93. The third kappa shape index (κ3) is 5.77. The molecule has 1 aromatic carbocycles. The van der Waals surface area contributed by atoms with Gasteiger partial charge in [-0.3, -0.25) is 19.5 Å². The summed E-state index contributed by atoms with van der Waals surface area (Å²) in [5, 5.41) is 5.47. The Bertz CT molecular complexity index is 802. The van der Waals surface area contributed by atoms with E-state index in [9.17, 15) is 9.59 Å². The Labute approximate surface area is 172 Å². The number of rotatable bonds is 7. The minimum absolute atomic E-state index is 0.0608. The van der Waals surface area contributed by atoms with Crippen LogP contribution < -0.4 is 15.5 Å². The molecule has 29 heavy (non-hydrogen) atoms. The number of nitrogens with zero attached hydrogens (tertiary/aromatic N) is 3. The van der Waals surface area contributed by atoms with Crippen LogP contribution in [0, 0.1) is 0 Å². The predicted molar refractivity (Wildman–Crippen MR) is 113 cm³/mol. The highest BCUT2D eigenvalue weighted by atomic mass is 16.2. The number of hydrogen-bond acceptors (Lipinski definition) is 5. The quantitative estimate of drug-likeness (QED) is 0.698. The van der Waals surface area contributed by atoms with Crippen molar-refractivity contribution >= 4 is 17.5 Å². The number of benzene rings is 1. The lowest BCUT2D eigenvalue weighted by Gasteiger charge is -2.28. The molecule has 0 radical (unpaired) electrons. The van der Waals surface area contributed by atoms with Gasteiger partial charge in [0.25, 0.3) is 0 Å². The number of carbonyl (C=O) groups excluding carboxylic acids is 2. The largest absolute Gasteiger partial charge is 0.378 e. The summed E-state index contributed by atoms with van der Waals surface area (Å²) in [7, 11) is 4.02. The van der Waals surface area contributed by atoms with E-state index in [0.29, 0.717) is 13.1 Å². The van der Waals surface area contributed by atoms with Crippen molar-refractivity contribution < 1.29 is 9.59 Å². The van der Waals surface area contributed by atoms with Crippen LogP contribution in [0.3, 0.4) is 0 Å². The molecule has 1 atom stereocenters. The van der Waals surface area contributed by atoms with Crippen molar-refractivity contribution in [2.45, 2.75) is 25.4 Å². The average molecular weight is 396 g/mol. The second kappa shape index (κ2) is 10.0. The fraction of sp³-hybridized carbons (Fsp3) is 0.409. The monoisotopic (exact) mass is 395 g/mol. The Morgan fingerprint density at radius 3 is 2.24 bits per heavy atom. The minimum atomic E-state index is -0.620. The first-order chi connectivity index (χ1) is 14.0. The van der Waals surface area contributed by atoms with Crippen LogP contribution in [0.2, 0.25) is 0 Å². The van der Waals surface area contributed by atoms with Crippen LogP contribution in [0.15, 0.2) is 48.8 Å². The molecule has 3 rings (SSSR count). The third-order valence-corrected chi connectivity index (χ3v) is 5.24. The standard InChI is InChI=1S/C22H29N5O2/c1-26(2)19-7-5-18(6-8-19)20(27-13-3-4-14-27)16-25-22(29)21(28)24-15-17-9-11-23-12-10-17/h5-12,20H,3-4,13-16H2,1-2H3,(H,24,28)(H,25,29). The number of anilines is 1. The number of hydrogen-bond donors (Lipinski definition) is 2. The normalized spacial score (nSPS) is 15.0. The third-order valence-electron chi connectivity index (χ3n) is 5.24. The molecule has 1 aliphatic heterocycles. The maximum atomic E-state index is 12.3. The highest BCUT2D eigenvalue weighted by molar-refractivity contribution is 6.35. The Morgan fingerprint density at radius 2 is 1.62 bits per heavy atom. The van der Waals surface area contributed by atoms with Gasteiger partial charge >= 0.3 is 11.8 Å². The molecule has 2 amide bonds. The summed E-state index contributed by atoms with van der Waals surface area (Å²) in [6.07, 6.45) is 5.63. The SMILES string of the molecule is CN(C)c1ccc(C(CNC(=O)C(=O)NCc2ccncc2)N2CCCC2)cc1. The first-order valence-corrected chi connectivity index (χ1v) is 10.0. The van der Waals surface area contributed by atoms with E-state index in [-0.39, 0.29) is 6.04 Å². The van der Waals surface area contributed by atoms with E-state index in [1.54, 1.807) is 24.5 Å². The first-order valence-electron chi connectivity index (χ1n) is 10.0. The molecule has 0 aliphatic carbocycles. The number of likely N-dealkylation sites (tertiary alicyclic amines) is 1. The molecule has 0 saturated carbocycles. The van der Waals surface area contributed by atoms with Gasteiger partial charge in [0.15, 0.2) is 0 Å². The molecule has 1 saturated heterocycles. The smallest absolute Gasteiger partial charge is 0.309 e. The Morgan fingerprint density at radius 1 is 1.00 bits per heavy atom. The summed E-state index contributed by atoms with van der Waals surface area (Å²) in [5.41, 5.74) is 3.18. The Balaban J connectivity index is 1.59. The lowest BCUT2D eigenvalue weighted by atomic mass is 10.0. The van der Waals surface area contributed by atoms with Crippen LogP contribution in [-0.4, -0.2) is 55.4 Å². The van der Waals surface area contributed by atoms with Crippen LogP contribution in [-0.2, 0) is 16.1 Å². The molecule has 7 nitrogen and oxygen atoms in total. The molecule has 2 heterocycles. The minimum Gasteiger partial charge on any atom is -0.378 e. The van der Waals surface area contributed by atoms with E-state index in [0.717, 1.165) is 42.7 Å². The Kier molecular flexibility index (Phi) is 7.19. The lowest BCUT2D eigenvalue weighted by molar-refractivity contribution is -0.139. The topological polar surface area (TPSA) is 77.6 Å². The van der Waals surface area contributed by atoms with Gasteiger partial charge in [0.1, 0.15) is 0 Å². The maximum absolute atomic E-state index is 12.3. The van der Waals surface area contributed by atoms with Crippen LogP contribution in [0.25, 0.3) is 0 Å². The van der Waals surface area contributed by atoms with Crippen molar-refractivity contribution in [1.29, 1.82) is 0 Å². The van der Waals surface area contributed by atoms with Crippen molar-refractivity contribution in [2.75, 3.05) is 38.6 Å². The summed E-state index contributed by atoms with van der Waals surface area (Å²) in [6.45, 7) is 2.72. The maximum Gasteiger partial charge on any atom is 0.309 e. The zero-order valence-electron chi connectivity index (χ0n) is 17.1. The zero-order valence-corrected chi connectivity index (χ0v) is 17.1. The van der Waals surface area contributed by atoms with E-state index in [1.165, 1.54) is 0 Å². The second-order valence-corrected chi connectivity index (χ2v) is 7.49. The number of pyridine rings is 1. The number of carbonyl (C=O) groups is 2. The summed E-state index contributed by atoms with van der Waals surface area (Å²) < 4.78 is 0. The fourth-order valence-corrected chi connectivity index (χ4v) is 3.54. The molecular weight excluding hydrogens is 366 g/mol. The van der Waals surface area contributed by atoms with Crippen molar-refractivity contribution in [3.05, 3.63) is 59.9 Å². The molecule has 0 spiro atoms. The van der Waals surface area contributed by atoms with Crippen LogP contribution in [0.5, 0.6) is 0 Å². The fourth-order valence-electron chi connectivity index (χ4n) is 3.54. The summed E-state index contributed by atoms with van der Waals surface area (Å²) >= 11 is 0. The molecule has 1 unspecified atom stereocenters. The number of nitrogens with one attached hydrogen (secondary N) is 2. The van der Waals surface area contributed by atoms with Crippen molar-refractivity contribution in [2.24, 2.45) is 0 Å². The molecule has 1 aromatic heterocycles. The zero-order chi connectivity index (χ0) is 20.6. The highest BCUT2D eigenvalue weighted by Crippen LogP contribution is 2.26. The van der Waals surface area contributed by atoms with Gasteiger partial charge in [-0.1, -0.05) is 12.1 Å². The summed E-state index contributed by atoms with van der Waals surface area (Å²) in [6, 6.07) is 12.1. The highest BCUT2D eigenvalue weighted by Gasteiger charge is 2.25. The molecule has 154 valence electrons. The van der Waals surface area contributed by atoms with E-state index >= 15 is 0 Å². The molecule has 1 fully saturated rings. The summed E-state index contributed by atoms with van der Waals surface area (Å²) in [4.78, 5) is 32.8. The van der Waals surface area contributed by atoms with Gasteiger partial charge in [0.05, 0.1) is 6.04 Å². The predicted octanol–water partition coefficient (Wildman–Crippen LogP) is 1.72. The molecule has 2 N–H and O–H groups in total. The molecule has 7 heteroatoms. The van der Waals surface area contributed by atoms with E-state index in [1.807, 2.05) is 14.1 Å². The van der Waals surface area contributed by atoms with Gasteiger partial charge in [-0.2, -0.15) is 0 Å². The van der Waals surface area contributed by atoms with E-state index in [4.69, 9.17) is 0 Å². The van der Waals surface area contributed by atoms with Crippen LogP contribution in [0.1, 0.15) is 30.0 Å². The lowest BCUT2D eigenvalue weighted by Crippen LogP contribution is -2.43. The van der Waals surface area contributed by atoms with Crippen LogP contribution in [0.4, 0.5) is 5.69 Å². The molecule has 0 bridgehead atoms. The number of aromatic nitrogens is 1. The number of amides is 2. The van der Waals surface area contributed by atoms with Crippen molar-refractivity contribution in [1.82, 2.24) is 20.5 Å². The van der Waals surface area contributed by atoms with Crippen LogP contribution >= 0.6 is 0 Å². The summed E-state index contributed by atoms with van der Waals surface area (Å²) in [5.74, 6) is -1.22. The van der Waals surface area contributed by atoms with E-state index in [2.05, 4.69) is 49.7 Å². The van der Waals surface area contributed by atoms with E-state index < -0.39 is 11.8 Å². The van der Waals surface area contributed by atoms with Gasteiger partial charge in [-0.05, 0) is 61.3 Å². The van der Waals surface area contributed by atoms with Gasteiger partial charge < -0.3 is 15.5 Å². The molecular formula is C22H29N5O2. The van der Waals surface area contributed by atoms with Crippen molar-refractivity contribution in [3.8, 4) is 0 Å². The van der Waals surface area contributed by atoms with Gasteiger partial charge in [-0.15, -0.1) is 0 Å². The first kappa shape index (κ1) is 20.8. The molecule has 2 aromatic rings. The molecule has 1 aliphatic rings. The van der Waals surface area contributed by atoms with Gasteiger partial charge in [0, 0.05) is 45.3 Å². The van der Waals surface area contributed by atoms with Gasteiger partial charge in [-0.25, -0.2) is 0 Å².